The van der Waals surface area contributed by atoms with E-state index in [1.165, 1.54) is 12.1 Å². The highest BCUT2D eigenvalue weighted by Gasteiger charge is 2.15. The third-order valence-corrected chi connectivity index (χ3v) is 3.12. The lowest BCUT2D eigenvalue weighted by Crippen LogP contribution is -2.14. The predicted octanol–water partition coefficient (Wildman–Crippen LogP) is 3.57. The first kappa shape index (κ1) is 14.4. The normalized spacial score (nSPS) is 10.4. The van der Waals surface area contributed by atoms with E-state index in [-0.39, 0.29) is 10.8 Å². The van der Waals surface area contributed by atoms with Crippen LogP contribution in [0.5, 0.6) is 11.6 Å². The van der Waals surface area contributed by atoms with E-state index in [4.69, 9.17) is 22.7 Å². The summed E-state index contributed by atoms with van der Waals surface area (Å²) in [6, 6.07) is 6.22. The minimum absolute atomic E-state index is 0.207. The predicted molar refractivity (Wildman–Crippen MR) is 80.8 cm³/mol. The van der Waals surface area contributed by atoms with Gasteiger partial charge < -0.3 is 10.5 Å². The van der Waals surface area contributed by atoms with Gasteiger partial charge in [-0.3, -0.25) is 0 Å². The summed E-state index contributed by atoms with van der Waals surface area (Å²) in [5.74, 6) is 0.343. The number of halogens is 1. The average Bonchev–Trinajstić information content (AvgIpc) is 2.32. The number of hydrogen-bond acceptors (Lipinski definition) is 3. The summed E-state index contributed by atoms with van der Waals surface area (Å²) in [6.45, 7) is 5.56. The zero-order chi connectivity index (χ0) is 14.9. The van der Waals surface area contributed by atoms with Crippen molar-refractivity contribution in [3.63, 3.8) is 0 Å². The zero-order valence-electron chi connectivity index (χ0n) is 11.5. The largest absolute Gasteiger partial charge is 0.438 e. The molecular weight excluding hydrogens is 275 g/mol. The molecule has 0 saturated heterocycles. The highest BCUT2D eigenvalue weighted by Crippen LogP contribution is 2.29. The molecule has 0 radical (unpaired) electrons. The summed E-state index contributed by atoms with van der Waals surface area (Å²) in [7, 11) is 0. The number of thiocarbonyl (C=S) groups is 1. The highest BCUT2D eigenvalue weighted by atomic mass is 32.1. The van der Waals surface area contributed by atoms with Gasteiger partial charge in [0.05, 0.1) is 5.56 Å². The van der Waals surface area contributed by atoms with Crippen molar-refractivity contribution >= 4 is 17.2 Å². The molecule has 5 heteroatoms. The van der Waals surface area contributed by atoms with Gasteiger partial charge in [0.2, 0.25) is 5.88 Å². The van der Waals surface area contributed by atoms with Crippen LogP contribution in [0.1, 0.15) is 22.4 Å². The second-order valence-corrected chi connectivity index (χ2v) is 5.08. The third kappa shape index (κ3) is 2.93. The van der Waals surface area contributed by atoms with Crippen LogP contribution in [0, 0.1) is 26.6 Å². The quantitative estimate of drug-likeness (QED) is 0.878. The number of nitrogens with zero attached hydrogens (tertiary/aromatic N) is 1. The Kier molecular flexibility index (Phi) is 3.99. The first-order valence-electron chi connectivity index (χ1n) is 6.10. The Hall–Kier alpha value is -2.01. The van der Waals surface area contributed by atoms with Crippen LogP contribution >= 0.6 is 12.2 Å². The maximum atomic E-state index is 13.3. The lowest BCUT2D eigenvalue weighted by molar-refractivity contribution is 0.452. The molecule has 1 aromatic carbocycles. The fourth-order valence-electron chi connectivity index (χ4n) is 1.96. The third-order valence-electron chi connectivity index (χ3n) is 2.91. The van der Waals surface area contributed by atoms with Crippen LogP contribution < -0.4 is 10.5 Å². The van der Waals surface area contributed by atoms with Crippen LogP contribution in [0.15, 0.2) is 24.3 Å². The van der Waals surface area contributed by atoms with Gasteiger partial charge in [-0.2, -0.15) is 0 Å². The van der Waals surface area contributed by atoms with E-state index in [1.54, 1.807) is 6.07 Å². The number of aryl methyl sites for hydroxylation is 3. The summed E-state index contributed by atoms with van der Waals surface area (Å²) >= 11 is 5.04. The monoisotopic (exact) mass is 290 g/mol. The lowest BCUT2D eigenvalue weighted by atomic mass is 10.1. The molecule has 0 aliphatic rings. The van der Waals surface area contributed by atoms with Gasteiger partial charge in [0.25, 0.3) is 0 Å². The number of hydrogen-bond donors (Lipinski definition) is 1. The number of pyridine rings is 1. The molecule has 0 aliphatic carbocycles. The van der Waals surface area contributed by atoms with Gasteiger partial charge in [-0.1, -0.05) is 18.3 Å². The van der Waals surface area contributed by atoms with Gasteiger partial charge in [0.15, 0.2) is 0 Å². The molecule has 1 aromatic heterocycles. The molecule has 0 unspecified atom stereocenters. The second-order valence-electron chi connectivity index (χ2n) is 4.64. The highest BCUT2D eigenvalue weighted by molar-refractivity contribution is 7.80. The van der Waals surface area contributed by atoms with Crippen molar-refractivity contribution in [1.29, 1.82) is 0 Å². The van der Waals surface area contributed by atoms with Gasteiger partial charge in [-0.15, -0.1) is 0 Å². The molecular formula is C15H15FN2OS. The van der Waals surface area contributed by atoms with Crippen molar-refractivity contribution < 1.29 is 9.13 Å². The van der Waals surface area contributed by atoms with Crippen LogP contribution in [0.3, 0.4) is 0 Å². The number of ether oxygens (including phenoxy) is 1. The average molecular weight is 290 g/mol. The van der Waals surface area contributed by atoms with E-state index in [0.29, 0.717) is 17.2 Å². The van der Waals surface area contributed by atoms with Crippen LogP contribution in [-0.4, -0.2) is 9.97 Å². The van der Waals surface area contributed by atoms with Crippen molar-refractivity contribution in [2.75, 3.05) is 0 Å². The van der Waals surface area contributed by atoms with Crippen LogP contribution in [0.4, 0.5) is 4.39 Å². The molecule has 104 valence electrons. The van der Waals surface area contributed by atoms with Crippen molar-refractivity contribution in [1.82, 2.24) is 4.98 Å². The number of nitrogens with two attached hydrogens (primary N) is 1. The van der Waals surface area contributed by atoms with Crippen molar-refractivity contribution in [2.24, 2.45) is 5.73 Å². The smallest absolute Gasteiger partial charge is 0.230 e. The first-order valence-corrected chi connectivity index (χ1v) is 6.51. The first-order chi connectivity index (χ1) is 9.38. The van der Waals surface area contributed by atoms with Crippen molar-refractivity contribution in [3.8, 4) is 11.6 Å². The summed E-state index contributed by atoms with van der Waals surface area (Å²) in [5.41, 5.74) is 8.78. The molecule has 20 heavy (non-hydrogen) atoms. The van der Waals surface area contributed by atoms with Crippen LogP contribution in [0.25, 0.3) is 0 Å². The Morgan fingerprint density at radius 1 is 1.20 bits per heavy atom. The Morgan fingerprint density at radius 3 is 2.55 bits per heavy atom. The van der Waals surface area contributed by atoms with Crippen LogP contribution in [0.2, 0.25) is 0 Å². The van der Waals surface area contributed by atoms with E-state index >= 15 is 0 Å². The standard InChI is InChI=1S/C15H15FN2OS/c1-8-4-5-11(16)7-12(8)19-15-13(14(17)20)9(2)6-10(3)18-15/h4-7H,1-3H3,(H2,17,20). The van der Waals surface area contributed by atoms with E-state index < -0.39 is 0 Å². The molecule has 2 rings (SSSR count). The fourth-order valence-corrected chi connectivity index (χ4v) is 2.21. The number of benzene rings is 1. The van der Waals surface area contributed by atoms with Gasteiger partial charge in [0.1, 0.15) is 16.6 Å². The molecule has 0 bridgehead atoms. The molecule has 3 nitrogen and oxygen atoms in total. The topological polar surface area (TPSA) is 48.1 Å². The minimum atomic E-state index is -0.369. The summed E-state index contributed by atoms with van der Waals surface area (Å²) < 4.78 is 19.0. The molecule has 0 saturated carbocycles. The molecule has 2 aromatic rings. The van der Waals surface area contributed by atoms with E-state index in [0.717, 1.165) is 16.8 Å². The Morgan fingerprint density at radius 2 is 1.90 bits per heavy atom. The summed E-state index contributed by atoms with van der Waals surface area (Å²) in [5, 5.41) is 0. The maximum Gasteiger partial charge on any atom is 0.230 e. The molecule has 2 N–H and O–H groups in total. The SMILES string of the molecule is Cc1cc(C)c(C(N)=S)c(Oc2cc(F)ccc2C)n1. The maximum absolute atomic E-state index is 13.3. The van der Waals surface area contributed by atoms with Gasteiger partial charge in [-0.25, -0.2) is 9.37 Å². The van der Waals surface area contributed by atoms with Gasteiger partial charge in [0, 0.05) is 11.8 Å². The molecule has 1 heterocycles. The van der Waals surface area contributed by atoms with Gasteiger partial charge >= 0.3 is 0 Å². The van der Waals surface area contributed by atoms with E-state index in [9.17, 15) is 4.39 Å². The lowest BCUT2D eigenvalue weighted by Gasteiger charge is -2.14. The molecule has 0 atom stereocenters. The van der Waals surface area contributed by atoms with E-state index in [1.807, 2.05) is 26.8 Å². The molecule has 0 fully saturated rings. The zero-order valence-corrected chi connectivity index (χ0v) is 12.3. The fraction of sp³-hybridized carbons (Fsp3) is 0.200. The summed E-state index contributed by atoms with van der Waals surface area (Å²) in [6.07, 6.45) is 0. The minimum Gasteiger partial charge on any atom is -0.438 e. The Bertz CT molecular complexity index is 686. The molecule has 0 amide bonds. The van der Waals surface area contributed by atoms with Crippen LogP contribution in [-0.2, 0) is 0 Å². The van der Waals surface area contributed by atoms with Crippen molar-refractivity contribution in [3.05, 3.63) is 52.5 Å². The number of aromatic nitrogens is 1. The van der Waals surface area contributed by atoms with Crippen molar-refractivity contribution in [2.45, 2.75) is 20.8 Å². The Balaban J connectivity index is 2.53. The van der Waals surface area contributed by atoms with E-state index in [2.05, 4.69) is 4.98 Å². The van der Waals surface area contributed by atoms with Gasteiger partial charge in [-0.05, 0) is 44.0 Å². The molecule has 0 spiro atoms. The summed E-state index contributed by atoms with van der Waals surface area (Å²) in [4.78, 5) is 4.52. The molecule has 0 aliphatic heterocycles. The number of rotatable bonds is 3. The second kappa shape index (κ2) is 5.54. The Labute approximate surface area is 122 Å².